The second kappa shape index (κ2) is 6.91. The molecule has 0 radical (unpaired) electrons. The lowest BCUT2D eigenvalue weighted by Crippen LogP contribution is -2.44. The summed E-state index contributed by atoms with van der Waals surface area (Å²) >= 11 is 0. The number of likely N-dealkylation sites (tertiary alicyclic amines) is 1. The van der Waals surface area contributed by atoms with Crippen LogP contribution in [0.15, 0.2) is 18.2 Å². The van der Waals surface area contributed by atoms with E-state index in [-0.39, 0.29) is 18.1 Å². The van der Waals surface area contributed by atoms with Crippen molar-refractivity contribution < 1.29 is 9.53 Å². The third kappa shape index (κ3) is 3.86. The minimum atomic E-state index is 0.155. The molecular formula is C19H28N2O2. The highest BCUT2D eigenvalue weighted by Gasteiger charge is 2.33. The smallest absolute Gasteiger partial charge is 0.225 e. The summed E-state index contributed by atoms with van der Waals surface area (Å²) in [5.41, 5.74) is 8.47. The Morgan fingerprint density at radius 1 is 1.13 bits per heavy atom. The number of aryl methyl sites for hydroxylation is 2. The number of piperidine rings is 1. The van der Waals surface area contributed by atoms with Gasteiger partial charge in [-0.1, -0.05) is 6.07 Å². The molecule has 0 aromatic heterocycles. The molecule has 1 aromatic carbocycles. The van der Waals surface area contributed by atoms with Gasteiger partial charge in [-0.05, 0) is 56.4 Å². The monoisotopic (exact) mass is 316 g/mol. The van der Waals surface area contributed by atoms with Gasteiger partial charge in [0, 0.05) is 37.9 Å². The highest BCUT2D eigenvalue weighted by Crippen LogP contribution is 2.28. The van der Waals surface area contributed by atoms with Crippen LogP contribution in [0.2, 0.25) is 0 Å². The Balaban J connectivity index is 1.50. The Morgan fingerprint density at radius 3 is 2.48 bits per heavy atom. The molecule has 2 fully saturated rings. The summed E-state index contributed by atoms with van der Waals surface area (Å²) in [6.45, 7) is 5.83. The number of nitrogens with zero attached hydrogens (tertiary/aromatic N) is 1. The topological polar surface area (TPSA) is 55.6 Å². The van der Waals surface area contributed by atoms with E-state index in [9.17, 15) is 4.79 Å². The number of rotatable bonds is 3. The zero-order chi connectivity index (χ0) is 16.4. The van der Waals surface area contributed by atoms with E-state index in [2.05, 4.69) is 26.0 Å². The largest absolute Gasteiger partial charge is 0.490 e. The molecule has 1 saturated carbocycles. The third-order valence-corrected chi connectivity index (χ3v) is 5.36. The van der Waals surface area contributed by atoms with E-state index in [0.717, 1.165) is 50.9 Å². The molecule has 1 amide bonds. The number of nitrogens with two attached hydrogens (primary N) is 1. The van der Waals surface area contributed by atoms with E-state index in [1.165, 1.54) is 11.1 Å². The van der Waals surface area contributed by atoms with E-state index >= 15 is 0 Å². The first-order valence-electron chi connectivity index (χ1n) is 8.81. The second-order valence-corrected chi connectivity index (χ2v) is 7.16. The van der Waals surface area contributed by atoms with E-state index in [1.807, 2.05) is 11.0 Å². The van der Waals surface area contributed by atoms with Gasteiger partial charge in [-0.25, -0.2) is 0 Å². The van der Waals surface area contributed by atoms with Gasteiger partial charge in [-0.15, -0.1) is 0 Å². The van der Waals surface area contributed by atoms with Gasteiger partial charge < -0.3 is 15.4 Å². The van der Waals surface area contributed by atoms with Gasteiger partial charge in [0.1, 0.15) is 11.9 Å². The Kier molecular flexibility index (Phi) is 4.90. The number of hydrogen-bond donors (Lipinski definition) is 1. The molecule has 23 heavy (non-hydrogen) atoms. The van der Waals surface area contributed by atoms with Crippen LogP contribution in [0, 0.1) is 19.8 Å². The summed E-state index contributed by atoms with van der Waals surface area (Å²) in [7, 11) is 0. The molecule has 2 aliphatic rings. The van der Waals surface area contributed by atoms with Crippen LogP contribution in [-0.2, 0) is 4.79 Å². The lowest BCUT2D eigenvalue weighted by atomic mass is 10.0. The molecule has 1 heterocycles. The Morgan fingerprint density at radius 2 is 1.87 bits per heavy atom. The molecule has 0 unspecified atom stereocenters. The van der Waals surface area contributed by atoms with Gasteiger partial charge in [-0.2, -0.15) is 0 Å². The molecule has 2 N–H and O–H groups in total. The lowest BCUT2D eigenvalue weighted by molar-refractivity contribution is -0.137. The number of hydrogen-bond acceptors (Lipinski definition) is 3. The van der Waals surface area contributed by atoms with Crippen molar-refractivity contribution in [3.05, 3.63) is 29.3 Å². The maximum Gasteiger partial charge on any atom is 0.225 e. The maximum absolute atomic E-state index is 12.5. The van der Waals surface area contributed by atoms with E-state index in [1.54, 1.807) is 0 Å². The standard InChI is InChI=1S/C19H28N2O2/c1-13-3-6-18(11-14(13)2)23-17-7-9-21(10-8-17)19(22)15-4-5-16(20)12-15/h3,6,11,15-17H,4-5,7-10,12,20H2,1-2H3/t15-,16+/m0/s1. The van der Waals surface area contributed by atoms with Gasteiger partial charge in [-0.3, -0.25) is 4.79 Å². The molecule has 126 valence electrons. The number of amides is 1. The minimum absolute atomic E-state index is 0.155. The fourth-order valence-corrected chi connectivity index (χ4v) is 3.67. The fourth-order valence-electron chi connectivity index (χ4n) is 3.67. The summed E-state index contributed by atoms with van der Waals surface area (Å²) in [4.78, 5) is 14.5. The summed E-state index contributed by atoms with van der Waals surface area (Å²) in [6.07, 6.45) is 4.85. The van der Waals surface area contributed by atoms with E-state index in [4.69, 9.17) is 10.5 Å². The normalized spacial score (nSPS) is 25.6. The molecule has 4 heteroatoms. The van der Waals surface area contributed by atoms with Crippen molar-refractivity contribution in [1.29, 1.82) is 0 Å². The predicted molar refractivity (Wildman–Crippen MR) is 91.5 cm³/mol. The SMILES string of the molecule is Cc1ccc(OC2CCN(C(=O)[C@H]3CC[C@@H](N)C3)CC2)cc1C. The van der Waals surface area contributed by atoms with Crippen molar-refractivity contribution in [3.8, 4) is 5.75 Å². The zero-order valence-corrected chi connectivity index (χ0v) is 14.3. The number of carbonyl (C=O) groups is 1. The van der Waals surface area contributed by atoms with Crippen LogP contribution < -0.4 is 10.5 Å². The molecule has 1 saturated heterocycles. The molecule has 4 nitrogen and oxygen atoms in total. The first-order chi connectivity index (χ1) is 11.0. The summed E-state index contributed by atoms with van der Waals surface area (Å²) in [5.74, 6) is 1.41. The molecule has 0 bridgehead atoms. The van der Waals surface area contributed by atoms with Gasteiger partial charge >= 0.3 is 0 Å². The van der Waals surface area contributed by atoms with Gasteiger partial charge in [0.2, 0.25) is 5.91 Å². The lowest BCUT2D eigenvalue weighted by Gasteiger charge is -2.33. The van der Waals surface area contributed by atoms with Crippen LogP contribution in [0.1, 0.15) is 43.2 Å². The average Bonchev–Trinajstić information content (AvgIpc) is 2.97. The van der Waals surface area contributed by atoms with Gasteiger partial charge in [0.15, 0.2) is 0 Å². The van der Waals surface area contributed by atoms with Gasteiger partial charge in [0.05, 0.1) is 0 Å². The van der Waals surface area contributed by atoms with Crippen molar-refractivity contribution in [2.24, 2.45) is 11.7 Å². The molecule has 1 aromatic rings. The molecule has 0 spiro atoms. The van der Waals surface area contributed by atoms with Crippen molar-refractivity contribution in [3.63, 3.8) is 0 Å². The van der Waals surface area contributed by atoms with E-state index < -0.39 is 0 Å². The summed E-state index contributed by atoms with van der Waals surface area (Å²) < 4.78 is 6.10. The Bertz CT molecular complexity index is 564. The quantitative estimate of drug-likeness (QED) is 0.933. The van der Waals surface area contributed by atoms with Gasteiger partial charge in [0.25, 0.3) is 0 Å². The van der Waals surface area contributed by atoms with E-state index in [0.29, 0.717) is 5.91 Å². The summed E-state index contributed by atoms with van der Waals surface area (Å²) in [6, 6.07) is 6.47. The van der Waals surface area contributed by atoms with Crippen molar-refractivity contribution in [1.82, 2.24) is 4.90 Å². The molecule has 1 aliphatic heterocycles. The third-order valence-electron chi connectivity index (χ3n) is 5.36. The molecular weight excluding hydrogens is 288 g/mol. The van der Waals surface area contributed by atoms with Crippen LogP contribution >= 0.6 is 0 Å². The van der Waals surface area contributed by atoms with Crippen LogP contribution in [0.25, 0.3) is 0 Å². The van der Waals surface area contributed by atoms with Crippen molar-refractivity contribution >= 4 is 5.91 Å². The minimum Gasteiger partial charge on any atom is -0.490 e. The highest BCUT2D eigenvalue weighted by atomic mass is 16.5. The van der Waals surface area contributed by atoms with Crippen molar-refractivity contribution in [2.75, 3.05) is 13.1 Å². The number of benzene rings is 1. The van der Waals surface area contributed by atoms with Crippen molar-refractivity contribution in [2.45, 2.75) is 58.1 Å². The number of carbonyl (C=O) groups excluding carboxylic acids is 1. The molecule has 3 rings (SSSR count). The maximum atomic E-state index is 12.5. The molecule has 2 atom stereocenters. The van der Waals surface area contributed by atoms with Crippen LogP contribution in [0.4, 0.5) is 0 Å². The Labute approximate surface area is 139 Å². The first kappa shape index (κ1) is 16.3. The predicted octanol–water partition coefficient (Wildman–Crippen LogP) is 2.80. The summed E-state index contributed by atoms with van der Waals surface area (Å²) in [5, 5.41) is 0. The fraction of sp³-hybridized carbons (Fsp3) is 0.632. The van der Waals surface area contributed by atoms with Crippen LogP contribution in [0.5, 0.6) is 5.75 Å². The zero-order valence-electron chi connectivity index (χ0n) is 14.3. The highest BCUT2D eigenvalue weighted by molar-refractivity contribution is 5.79. The van der Waals surface area contributed by atoms with Crippen LogP contribution in [-0.4, -0.2) is 36.0 Å². The first-order valence-corrected chi connectivity index (χ1v) is 8.81. The van der Waals surface area contributed by atoms with Crippen LogP contribution in [0.3, 0.4) is 0 Å². The number of ether oxygens (including phenoxy) is 1. The average molecular weight is 316 g/mol. The second-order valence-electron chi connectivity index (χ2n) is 7.16. The molecule has 1 aliphatic carbocycles. The Hall–Kier alpha value is -1.55.